The molecule has 6 nitrogen and oxygen atoms in total. The summed E-state index contributed by atoms with van der Waals surface area (Å²) in [5, 5.41) is 0. The molecular formula is C20H25F2N3O3. The Kier molecular flexibility index (Phi) is 5.96. The maximum atomic E-state index is 13.9. The lowest BCUT2D eigenvalue weighted by Gasteiger charge is -2.35. The zero-order valence-corrected chi connectivity index (χ0v) is 16.2. The first-order chi connectivity index (χ1) is 13.3. The molecule has 3 amide bonds. The third-order valence-corrected chi connectivity index (χ3v) is 5.55. The van der Waals surface area contributed by atoms with Crippen LogP contribution in [0.3, 0.4) is 0 Å². The molecule has 0 N–H and O–H groups in total. The fourth-order valence-corrected chi connectivity index (χ4v) is 3.98. The van der Waals surface area contributed by atoms with Crippen molar-refractivity contribution in [3.05, 3.63) is 35.4 Å². The SMILES string of the molecule is CN(C)C(=O)C1CCCN1C(=O)C1CCN(C(=O)c2ccc(F)cc2F)CC1. The summed E-state index contributed by atoms with van der Waals surface area (Å²) >= 11 is 0. The average molecular weight is 393 g/mol. The number of nitrogens with zero attached hydrogens (tertiary/aromatic N) is 3. The van der Waals surface area contributed by atoms with Gasteiger partial charge in [-0.25, -0.2) is 8.78 Å². The first-order valence-corrected chi connectivity index (χ1v) is 9.55. The van der Waals surface area contributed by atoms with Gasteiger partial charge in [-0.3, -0.25) is 14.4 Å². The maximum Gasteiger partial charge on any atom is 0.256 e. The number of likely N-dealkylation sites (N-methyl/N-ethyl adjacent to an activating group) is 1. The third-order valence-electron chi connectivity index (χ3n) is 5.55. The molecule has 8 heteroatoms. The Morgan fingerprint density at radius 2 is 1.71 bits per heavy atom. The van der Waals surface area contributed by atoms with Gasteiger partial charge in [0.25, 0.3) is 5.91 Å². The monoisotopic (exact) mass is 393 g/mol. The summed E-state index contributed by atoms with van der Waals surface area (Å²) in [6.45, 7) is 1.22. The molecule has 0 radical (unpaired) electrons. The van der Waals surface area contributed by atoms with Crippen LogP contribution in [-0.2, 0) is 9.59 Å². The Morgan fingerprint density at radius 3 is 2.32 bits per heavy atom. The highest BCUT2D eigenvalue weighted by atomic mass is 19.1. The molecule has 0 spiro atoms. The van der Waals surface area contributed by atoms with Crippen LogP contribution in [0.1, 0.15) is 36.0 Å². The van der Waals surface area contributed by atoms with Crippen LogP contribution in [0.2, 0.25) is 0 Å². The van der Waals surface area contributed by atoms with Crippen molar-refractivity contribution in [3.8, 4) is 0 Å². The van der Waals surface area contributed by atoms with E-state index in [-0.39, 0.29) is 23.3 Å². The molecule has 152 valence electrons. The zero-order chi connectivity index (χ0) is 20.4. The van der Waals surface area contributed by atoms with Crippen LogP contribution in [0.5, 0.6) is 0 Å². The molecule has 1 aromatic rings. The van der Waals surface area contributed by atoms with Gasteiger partial charge in [-0.15, -0.1) is 0 Å². The van der Waals surface area contributed by atoms with Gasteiger partial charge >= 0.3 is 0 Å². The van der Waals surface area contributed by atoms with E-state index in [4.69, 9.17) is 0 Å². The fraction of sp³-hybridized carbons (Fsp3) is 0.550. The fourth-order valence-electron chi connectivity index (χ4n) is 3.98. The lowest BCUT2D eigenvalue weighted by molar-refractivity contribution is -0.145. The van der Waals surface area contributed by atoms with Gasteiger partial charge < -0.3 is 14.7 Å². The Morgan fingerprint density at radius 1 is 1.04 bits per heavy atom. The van der Waals surface area contributed by atoms with Crippen LogP contribution in [0, 0.1) is 17.6 Å². The van der Waals surface area contributed by atoms with Crippen molar-refractivity contribution in [3.63, 3.8) is 0 Å². The molecule has 1 atom stereocenters. The van der Waals surface area contributed by atoms with Crippen molar-refractivity contribution in [1.29, 1.82) is 0 Å². The van der Waals surface area contributed by atoms with E-state index in [0.717, 1.165) is 18.6 Å². The maximum absolute atomic E-state index is 13.9. The number of benzene rings is 1. The van der Waals surface area contributed by atoms with E-state index in [1.165, 1.54) is 9.80 Å². The Labute approximate surface area is 163 Å². The molecule has 2 aliphatic rings. The molecule has 2 heterocycles. The van der Waals surface area contributed by atoms with Crippen molar-refractivity contribution >= 4 is 17.7 Å². The number of likely N-dealkylation sites (tertiary alicyclic amines) is 2. The number of rotatable bonds is 3. The highest BCUT2D eigenvalue weighted by Gasteiger charge is 2.39. The van der Waals surface area contributed by atoms with Crippen molar-refractivity contribution < 1.29 is 23.2 Å². The smallest absolute Gasteiger partial charge is 0.256 e. The largest absolute Gasteiger partial charge is 0.347 e. The number of halogens is 2. The summed E-state index contributed by atoms with van der Waals surface area (Å²) in [4.78, 5) is 42.4. The van der Waals surface area contributed by atoms with Crippen LogP contribution in [-0.4, -0.2) is 72.2 Å². The van der Waals surface area contributed by atoms with Crippen LogP contribution in [0.25, 0.3) is 0 Å². The molecule has 0 aliphatic carbocycles. The number of piperidine rings is 1. The molecule has 1 unspecified atom stereocenters. The van der Waals surface area contributed by atoms with Gasteiger partial charge in [-0.2, -0.15) is 0 Å². The van der Waals surface area contributed by atoms with Crippen molar-refractivity contribution in [2.45, 2.75) is 31.7 Å². The van der Waals surface area contributed by atoms with Gasteiger partial charge in [0, 0.05) is 45.7 Å². The lowest BCUT2D eigenvalue weighted by Crippen LogP contribution is -2.49. The number of carbonyl (C=O) groups excluding carboxylic acids is 3. The van der Waals surface area contributed by atoms with Crippen molar-refractivity contribution in [1.82, 2.24) is 14.7 Å². The van der Waals surface area contributed by atoms with E-state index < -0.39 is 23.6 Å². The molecule has 28 heavy (non-hydrogen) atoms. The van der Waals surface area contributed by atoms with Crippen LogP contribution >= 0.6 is 0 Å². The van der Waals surface area contributed by atoms with E-state index >= 15 is 0 Å². The minimum Gasteiger partial charge on any atom is -0.347 e. The van der Waals surface area contributed by atoms with E-state index in [0.29, 0.717) is 45.0 Å². The van der Waals surface area contributed by atoms with Gasteiger partial charge in [0.15, 0.2) is 0 Å². The number of carbonyl (C=O) groups is 3. The standard InChI is InChI=1S/C20H25F2N3O3/c1-23(2)20(28)17-4-3-9-25(17)18(26)13-7-10-24(11-8-13)19(27)15-6-5-14(21)12-16(15)22/h5-6,12-13,17H,3-4,7-11H2,1-2H3. The summed E-state index contributed by atoms with van der Waals surface area (Å²) in [6, 6.07) is 2.49. The first kappa shape index (κ1) is 20.2. The van der Waals surface area contributed by atoms with E-state index in [1.807, 2.05) is 0 Å². The van der Waals surface area contributed by atoms with Crippen molar-refractivity contribution in [2.75, 3.05) is 33.7 Å². The molecule has 2 fully saturated rings. The number of hydrogen-bond donors (Lipinski definition) is 0. The summed E-state index contributed by atoms with van der Waals surface area (Å²) in [5.41, 5.74) is -0.164. The lowest BCUT2D eigenvalue weighted by atomic mass is 9.94. The molecule has 0 bridgehead atoms. The van der Waals surface area contributed by atoms with Crippen LogP contribution < -0.4 is 0 Å². The minimum atomic E-state index is -0.884. The second kappa shape index (κ2) is 8.24. The van der Waals surface area contributed by atoms with Gasteiger partial charge in [-0.1, -0.05) is 0 Å². The van der Waals surface area contributed by atoms with Gasteiger partial charge in [-0.05, 0) is 37.8 Å². The van der Waals surface area contributed by atoms with Gasteiger partial charge in [0.05, 0.1) is 5.56 Å². The quantitative estimate of drug-likeness (QED) is 0.788. The van der Waals surface area contributed by atoms with E-state index in [1.54, 1.807) is 19.0 Å². The Balaban J connectivity index is 1.61. The van der Waals surface area contributed by atoms with E-state index in [9.17, 15) is 23.2 Å². The Bertz CT molecular complexity index is 776. The highest BCUT2D eigenvalue weighted by molar-refractivity contribution is 5.95. The predicted octanol–water partition coefficient (Wildman–Crippen LogP) is 1.90. The first-order valence-electron chi connectivity index (χ1n) is 9.55. The molecule has 2 saturated heterocycles. The van der Waals surface area contributed by atoms with Gasteiger partial charge in [0.1, 0.15) is 17.7 Å². The normalized spacial score (nSPS) is 20.4. The summed E-state index contributed by atoms with van der Waals surface area (Å²) in [5.74, 6) is -2.47. The second-order valence-corrected chi connectivity index (χ2v) is 7.61. The van der Waals surface area contributed by atoms with Crippen LogP contribution in [0.4, 0.5) is 8.78 Å². The molecule has 3 rings (SSSR count). The highest BCUT2D eigenvalue weighted by Crippen LogP contribution is 2.27. The van der Waals surface area contributed by atoms with Gasteiger partial charge in [0.2, 0.25) is 11.8 Å². The summed E-state index contributed by atoms with van der Waals surface area (Å²) in [6.07, 6.45) is 2.40. The van der Waals surface area contributed by atoms with E-state index in [2.05, 4.69) is 0 Å². The number of hydrogen-bond acceptors (Lipinski definition) is 3. The molecule has 0 aromatic heterocycles. The second-order valence-electron chi connectivity index (χ2n) is 7.61. The predicted molar refractivity (Wildman–Crippen MR) is 98.4 cm³/mol. The Hall–Kier alpha value is -2.51. The van der Waals surface area contributed by atoms with Crippen LogP contribution in [0.15, 0.2) is 18.2 Å². The third kappa shape index (κ3) is 4.00. The average Bonchev–Trinajstić information content (AvgIpc) is 3.16. The number of amides is 3. The summed E-state index contributed by atoms with van der Waals surface area (Å²) in [7, 11) is 3.37. The summed E-state index contributed by atoms with van der Waals surface area (Å²) < 4.78 is 26.9. The molecule has 2 aliphatic heterocycles. The molecular weight excluding hydrogens is 368 g/mol. The topological polar surface area (TPSA) is 60.9 Å². The molecule has 0 saturated carbocycles. The zero-order valence-electron chi connectivity index (χ0n) is 16.2. The minimum absolute atomic E-state index is 0.0437. The van der Waals surface area contributed by atoms with Crippen molar-refractivity contribution in [2.24, 2.45) is 5.92 Å². The molecule has 1 aromatic carbocycles.